The van der Waals surface area contributed by atoms with Gasteiger partial charge in [-0.15, -0.1) is 0 Å². The number of thiocarbonyl (C=S) groups is 1. The fraction of sp³-hybridized carbons (Fsp3) is 0.0968. The summed E-state index contributed by atoms with van der Waals surface area (Å²) in [5.74, 6) is 1.58. The minimum Gasteiger partial charge on any atom is -0.457 e. The van der Waals surface area contributed by atoms with Crippen LogP contribution in [0.1, 0.15) is 29.0 Å². The molecule has 6 rings (SSSR count). The van der Waals surface area contributed by atoms with Crippen LogP contribution in [-0.4, -0.2) is 14.7 Å². The van der Waals surface area contributed by atoms with E-state index in [-0.39, 0.29) is 12.1 Å². The van der Waals surface area contributed by atoms with Crippen molar-refractivity contribution in [3.63, 3.8) is 0 Å². The van der Waals surface area contributed by atoms with Crippen LogP contribution in [0.3, 0.4) is 0 Å². The summed E-state index contributed by atoms with van der Waals surface area (Å²) >= 11 is 5.92. The number of hydrogen-bond donors (Lipinski definition) is 1. The van der Waals surface area contributed by atoms with Gasteiger partial charge in [-0.1, -0.05) is 36.4 Å². The first kappa shape index (κ1) is 23.0. The second kappa shape index (κ2) is 9.91. The molecule has 1 N–H and O–H groups in total. The molecule has 1 aliphatic heterocycles. The van der Waals surface area contributed by atoms with Crippen molar-refractivity contribution in [1.82, 2.24) is 14.9 Å². The molecule has 2 aromatic heterocycles. The van der Waals surface area contributed by atoms with Crippen molar-refractivity contribution >= 4 is 23.0 Å². The first-order valence-electron chi connectivity index (χ1n) is 12.3. The maximum Gasteiger partial charge on any atom is 0.174 e. The maximum absolute atomic E-state index is 6.02. The Hall–Kier alpha value is -4.42. The van der Waals surface area contributed by atoms with Crippen LogP contribution < -0.4 is 15.0 Å². The third-order valence-electron chi connectivity index (χ3n) is 6.56. The molecule has 6 heteroatoms. The molecular weight excluding hydrogens is 476 g/mol. The normalized spacial score (nSPS) is 17.0. The standard InChI is InChI=1S/C31H26N4OS/c1-22-9-7-10-24(21-22)34-20-8-14-28(34)30-29(27-13-5-6-19-32-27)33-31(37)35(30)23-15-17-26(18-16-23)36-25-11-3-2-4-12-25/h2-21,29-30H,1H3,(H,33,37)/t29-,30+/m1/s1. The molecular formula is C31H26N4OS. The number of aryl methyl sites for hydroxylation is 1. The van der Waals surface area contributed by atoms with E-state index in [0.717, 1.165) is 34.3 Å². The summed E-state index contributed by atoms with van der Waals surface area (Å²) in [6.07, 6.45) is 3.94. The average molecular weight is 503 g/mol. The molecule has 37 heavy (non-hydrogen) atoms. The fourth-order valence-electron chi connectivity index (χ4n) is 4.88. The van der Waals surface area contributed by atoms with Crippen LogP contribution in [0.5, 0.6) is 11.5 Å². The van der Waals surface area contributed by atoms with Gasteiger partial charge in [0.15, 0.2) is 5.11 Å². The molecule has 0 saturated carbocycles. The van der Waals surface area contributed by atoms with Gasteiger partial charge in [0, 0.05) is 29.5 Å². The molecule has 182 valence electrons. The highest BCUT2D eigenvalue weighted by molar-refractivity contribution is 7.80. The van der Waals surface area contributed by atoms with Gasteiger partial charge < -0.3 is 19.5 Å². The minimum absolute atomic E-state index is 0.112. The average Bonchev–Trinajstić information content (AvgIpc) is 3.55. The molecule has 1 aliphatic rings. The number of pyridine rings is 1. The van der Waals surface area contributed by atoms with Crippen molar-refractivity contribution in [2.45, 2.75) is 19.0 Å². The fourth-order valence-corrected chi connectivity index (χ4v) is 5.23. The van der Waals surface area contributed by atoms with Gasteiger partial charge >= 0.3 is 0 Å². The Bertz CT molecular complexity index is 1520. The van der Waals surface area contributed by atoms with E-state index in [0.29, 0.717) is 5.11 Å². The summed E-state index contributed by atoms with van der Waals surface area (Å²) in [5, 5.41) is 4.21. The highest BCUT2D eigenvalue weighted by Gasteiger charge is 2.42. The number of ether oxygens (including phenoxy) is 1. The molecule has 0 radical (unpaired) electrons. The SMILES string of the molecule is Cc1cccc(-n2cccc2[C@H]2[C@@H](c3ccccn3)NC(=S)N2c2ccc(Oc3ccccc3)cc2)c1. The predicted octanol–water partition coefficient (Wildman–Crippen LogP) is 7.15. The van der Waals surface area contributed by atoms with Gasteiger partial charge in [-0.2, -0.15) is 0 Å². The van der Waals surface area contributed by atoms with Gasteiger partial charge in [-0.25, -0.2) is 0 Å². The Morgan fingerprint density at radius 3 is 2.32 bits per heavy atom. The van der Waals surface area contributed by atoms with Gasteiger partial charge in [0.05, 0.1) is 11.7 Å². The lowest BCUT2D eigenvalue weighted by Crippen LogP contribution is -2.30. The number of hydrogen-bond acceptors (Lipinski definition) is 3. The van der Waals surface area contributed by atoms with Crippen LogP contribution >= 0.6 is 12.2 Å². The molecule has 0 aliphatic carbocycles. The zero-order chi connectivity index (χ0) is 25.2. The van der Waals surface area contributed by atoms with E-state index < -0.39 is 0 Å². The summed E-state index contributed by atoms with van der Waals surface area (Å²) < 4.78 is 8.26. The van der Waals surface area contributed by atoms with E-state index in [1.807, 2.05) is 66.9 Å². The van der Waals surface area contributed by atoms with Crippen molar-refractivity contribution in [1.29, 1.82) is 0 Å². The van der Waals surface area contributed by atoms with Crippen LogP contribution in [0.25, 0.3) is 5.69 Å². The monoisotopic (exact) mass is 502 g/mol. The smallest absolute Gasteiger partial charge is 0.174 e. The zero-order valence-electron chi connectivity index (χ0n) is 20.4. The van der Waals surface area contributed by atoms with Gasteiger partial charge in [0.1, 0.15) is 17.5 Å². The van der Waals surface area contributed by atoms with Crippen molar-refractivity contribution in [3.8, 4) is 17.2 Å². The lowest BCUT2D eigenvalue weighted by molar-refractivity contribution is 0.482. The van der Waals surface area contributed by atoms with E-state index in [2.05, 4.69) is 81.4 Å². The number of nitrogens with one attached hydrogen (secondary N) is 1. The van der Waals surface area contributed by atoms with Crippen LogP contribution in [-0.2, 0) is 0 Å². The third-order valence-corrected chi connectivity index (χ3v) is 6.87. The van der Waals surface area contributed by atoms with Crippen molar-refractivity contribution in [2.75, 3.05) is 4.90 Å². The topological polar surface area (TPSA) is 42.3 Å². The Labute approximate surface area is 222 Å². The van der Waals surface area contributed by atoms with Crippen molar-refractivity contribution in [3.05, 3.63) is 139 Å². The molecule has 1 fully saturated rings. The lowest BCUT2D eigenvalue weighted by Gasteiger charge is -2.29. The molecule has 3 heterocycles. The molecule has 5 nitrogen and oxygen atoms in total. The number of benzene rings is 3. The summed E-state index contributed by atoms with van der Waals surface area (Å²) in [5.41, 5.74) is 5.38. The molecule has 3 aromatic carbocycles. The molecule has 2 atom stereocenters. The third kappa shape index (κ3) is 4.59. The largest absolute Gasteiger partial charge is 0.457 e. The molecule has 5 aromatic rings. The maximum atomic E-state index is 6.02. The van der Waals surface area contributed by atoms with E-state index in [1.54, 1.807) is 0 Å². The summed E-state index contributed by atoms with van der Waals surface area (Å²) in [6.45, 7) is 2.11. The molecule has 0 unspecified atom stereocenters. The molecule has 0 amide bonds. The quantitative estimate of drug-likeness (QED) is 0.250. The highest BCUT2D eigenvalue weighted by Crippen LogP contribution is 2.42. The van der Waals surface area contributed by atoms with E-state index >= 15 is 0 Å². The zero-order valence-corrected chi connectivity index (χ0v) is 21.2. The molecule has 0 bridgehead atoms. The van der Waals surface area contributed by atoms with Crippen LogP contribution in [0.2, 0.25) is 0 Å². The van der Waals surface area contributed by atoms with Gasteiger partial charge in [-0.3, -0.25) is 4.98 Å². The lowest BCUT2D eigenvalue weighted by atomic mass is 10.0. The Balaban J connectivity index is 1.41. The number of nitrogens with zero attached hydrogens (tertiary/aromatic N) is 3. The second-order valence-corrected chi connectivity index (χ2v) is 9.43. The second-order valence-electron chi connectivity index (χ2n) is 9.05. The van der Waals surface area contributed by atoms with E-state index in [9.17, 15) is 0 Å². The Morgan fingerprint density at radius 1 is 0.784 bits per heavy atom. The first-order valence-corrected chi connectivity index (χ1v) is 12.7. The summed E-state index contributed by atoms with van der Waals surface area (Å²) in [7, 11) is 0. The van der Waals surface area contributed by atoms with Crippen LogP contribution in [0, 0.1) is 6.92 Å². The predicted molar refractivity (Wildman–Crippen MR) is 151 cm³/mol. The highest BCUT2D eigenvalue weighted by atomic mass is 32.1. The molecule has 1 saturated heterocycles. The number of anilines is 1. The van der Waals surface area contributed by atoms with Gasteiger partial charge in [0.2, 0.25) is 0 Å². The number of rotatable bonds is 6. The first-order chi connectivity index (χ1) is 18.2. The van der Waals surface area contributed by atoms with Crippen LogP contribution in [0.15, 0.2) is 122 Å². The number of para-hydroxylation sites is 1. The van der Waals surface area contributed by atoms with Gasteiger partial charge in [0.25, 0.3) is 0 Å². The summed E-state index contributed by atoms with van der Waals surface area (Å²) in [6, 6.07) is 36.4. The van der Waals surface area contributed by atoms with Crippen molar-refractivity contribution < 1.29 is 4.74 Å². The van der Waals surface area contributed by atoms with E-state index in [1.165, 1.54) is 5.56 Å². The Kier molecular flexibility index (Phi) is 6.16. The molecule has 0 spiro atoms. The Morgan fingerprint density at radius 2 is 1.57 bits per heavy atom. The van der Waals surface area contributed by atoms with E-state index in [4.69, 9.17) is 17.0 Å². The minimum atomic E-state index is -0.118. The number of aromatic nitrogens is 2. The van der Waals surface area contributed by atoms with Gasteiger partial charge in [-0.05, 0) is 97.5 Å². The van der Waals surface area contributed by atoms with Crippen LogP contribution in [0.4, 0.5) is 5.69 Å². The summed E-state index contributed by atoms with van der Waals surface area (Å²) in [4.78, 5) is 6.87. The van der Waals surface area contributed by atoms with Crippen molar-refractivity contribution in [2.24, 2.45) is 0 Å².